The molecule has 0 aliphatic rings. The molecule has 0 radical (unpaired) electrons. The predicted octanol–water partition coefficient (Wildman–Crippen LogP) is 5.02. The predicted molar refractivity (Wildman–Crippen MR) is 89.0 cm³/mol. The minimum atomic E-state index is 0.956. The molecule has 0 fully saturated rings. The van der Waals surface area contributed by atoms with Gasteiger partial charge in [-0.3, -0.25) is 0 Å². The number of ether oxygens (including phenoxy) is 1. The van der Waals surface area contributed by atoms with Crippen LogP contribution in [-0.2, 0) is 12.8 Å². The lowest BCUT2D eigenvalue weighted by Crippen LogP contribution is -1.93. The second kappa shape index (κ2) is 6.45. The Morgan fingerprint density at radius 3 is 2.19 bits per heavy atom. The van der Waals surface area contributed by atoms with Crippen LogP contribution >= 0.6 is 0 Å². The zero-order valence-corrected chi connectivity index (χ0v) is 12.4. The van der Waals surface area contributed by atoms with E-state index in [0.717, 1.165) is 18.6 Å². The molecule has 3 rings (SSSR count). The van der Waals surface area contributed by atoms with Crippen molar-refractivity contribution in [2.45, 2.75) is 19.3 Å². The van der Waals surface area contributed by atoms with Crippen LogP contribution in [0.3, 0.4) is 0 Å². The highest BCUT2D eigenvalue weighted by atomic mass is 16.5. The van der Waals surface area contributed by atoms with Crippen molar-refractivity contribution in [2.75, 3.05) is 7.11 Å². The van der Waals surface area contributed by atoms with Gasteiger partial charge in [0, 0.05) is 5.39 Å². The third kappa shape index (κ3) is 3.08. The van der Waals surface area contributed by atoms with E-state index >= 15 is 0 Å². The van der Waals surface area contributed by atoms with Crippen LogP contribution < -0.4 is 4.74 Å². The lowest BCUT2D eigenvalue weighted by molar-refractivity contribution is 0.419. The van der Waals surface area contributed by atoms with Gasteiger partial charge in [-0.15, -0.1) is 0 Å². The van der Waals surface area contributed by atoms with E-state index in [1.165, 1.54) is 28.3 Å². The minimum Gasteiger partial charge on any atom is -0.496 e. The van der Waals surface area contributed by atoms with E-state index in [-0.39, 0.29) is 0 Å². The Kier molecular flexibility index (Phi) is 4.20. The quantitative estimate of drug-likeness (QED) is 0.635. The van der Waals surface area contributed by atoms with E-state index in [2.05, 4.69) is 66.7 Å². The molecule has 0 bridgehead atoms. The summed E-state index contributed by atoms with van der Waals surface area (Å²) < 4.78 is 5.46. The van der Waals surface area contributed by atoms with E-state index in [1.807, 2.05) is 0 Å². The SMILES string of the molecule is COc1ccc(CCCc2ccccc2)c2ccccc12. The van der Waals surface area contributed by atoms with Crippen LogP contribution in [0.5, 0.6) is 5.75 Å². The highest BCUT2D eigenvalue weighted by molar-refractivity contribution is 5.91. The van der Waals surface area contributed by atoms with Crippen molar-refractivity contribution in [1.82, 2.24) is 0 Å². The van der Waals surface area contributed by atoms with E-state index in [9.17, 15) is 0 Å². The van der Waals surface area contributed by atoms with E-state index < -0.39 is 0 Å². The maximum absolute atomic E-state index is 5.46. The normalized spacial score (nSPS) is 10.7. The first kappa shape index (κ1) is 13.7. The molecule has 1 heteroatoms. The molecule has 0 spiro atoms. The number of benzene rings is 3. The standard InChI is InChI=1S/C20H20O/c1-21-20-15-14-17(18-12-5-6-13-19(18)20)11-7-10-16-8-3-2-4-9-16/h2-6,8-9,12-15H,7,10-11H2,1H3. The highest BCUT2D eigenvalue weighted by Gasteiger charge is 2.05. The molecule has 0 saturated heterocycles. The summed E-state index contributed by atoms with van der Waals surface area (Å²) >= 11 is 0. The molecule has 0 atom stereocenters. The lowest BCUT2D eigenvalue weighted by atomic mass is 9.98. The number of aryl methyl sites for hydroxylation is 2. The Morgan fingerprint density at radius 1 is 0.714 bits per heavy atom. The van der Waals surface area contributed by atoms with Gasteiger partial charge in [0.1, 0.15) is 5.75 Å². The van der Waals surface area contributed by atoms with Crippen molar-refractivity contribution < 1.29 is 4.74 Å². The molecule has 0 amide bonds. The average molecular weight is 276 g/mol. The first-order chi connectivity index (χ1) is 10.4. The van der Waals surface area contributed by atoms with E-state index in [4.69, 9.17) is 4.74 Å². The third-order valence-electron chi connectivity index (χ3n) is 3.95. The van der Waals surface area contributed by atoms with E-state index in [1.54, 1.807) is 7.11 Å². The molecule has 3 aromatic carbocycles. The van der Waals surface area contributed by atoms with Gasteiger partial charge in [0.2, 0.25) is 0 Å². The maximum atomic E-state index is 5.46. The molecule has 0 aliphatic carbocycles. The smallest absolute Gasteiger partial charge is 0.126 e. The van der Waals surface area contributed by atoms with Crippen LogP contribution in [-0.4, -0.2) is 7.11 Å². The van der Waals surface area contributed by atoms with Gasteiger partial charge in [-0.2, -0.15) is 0 Å². The fourth-order valence-electron chi connectivity index (χ4n) is 2.86. The number of hydrogen-bond acceptors (Lipinski definition) is 1. The Hall–Kier alpha value is -2.28. The van der Waals surface area contributed by atoms with Crippen LogP contribution in [0.2, 0.25) is 0 Å². The Balaban J connectivity index is 1.78. The second-order valence-electron chi connectivity index (χ2n) is 5.31. The maximum Gasteiger partial charge on any atom is 0.126 e. The minimum absolute atomic E-state index is 0.956. The second-order valence-corrected chi connectivity index (χ2v) is 5.31. The molecule has 0 heterocycles. The summed E-state index contributed by atoms with van der Waals surface area (Å²) in [6, 6.07) is 23.5. The number of methoxy groups -OCH3 is 1. The molecule has 3 aromatic rings. The molecule has 0 saturated carbocycles. The van der Waals surface area contributed by atoms with Gasteiger partial charge in [0.25, 0.3) is 0 Å². The van der Waals surface area contributed by atoms with Crippen molar-refractivity contribution in [1.29, 1.82) is 0 Å². The van der Waals surface area contributed by atoms with Crippen molar-refractivity contribution in [3.05, 3.63) is 77.9 Å². The van der Waals surface area contributed by atoms with Gasteiger partial charge in [0.05, 0.1) is 7.11 Å². The van der Waals surface area contributed by atoms with Gasteiger partial charge in [-0.05, 0) is 41.8 Å². The molecule has 21 heavy (non-hydrogen) atoms. The summed E-state index contributed by atoms with van der Waals surface area (Å²) in [5.74, 6) is 0.956. The molecule has 0 aliphatic heterocycles. The molecule has 0 N–H and O–H groups in total. The summed E-state index contributed by atoms with van der Waals surface area (Å²) in [6.07, 6.45) is 3.39. The Bertz CT molecular complexity index is 716. The Labute approximate surface area is 126 Å². The third-order valence-corrected chi connectivity index (χ3v) is 3.95. The number of rotatable bonds is 5. The molecular formula is C20H20O. The van der Waals surface area contributed by atoms with Gasteiger partial charge >= 0.3 is 0 Å². The monoisotopic (exact) mass is 276 g/mol. The van der Waals surface area contributed by atoms with E-state index in [0.29, 0.717) is 0 Å². The summed E-state index contributed by atoms with van der Waals surface area (Å²) in [7, 11) is 1.73. The molecule has 1 nitrogen and oxygen atoms in total. The number of hydrogen-bond donors (Lipinski definition) is 0. The van der Waals surface area contributed by atoms with Crippen molar-refractivity contribution in [3.8, 4) is 5.75 Å². The van der Waals surface area contributed by atoms with Crippen LogP contribution in [0, 0.1) is 0 Å². The Morgan fingerprint density at radius 2 is 1.43 bits per heavy atom. The summed E-state index contributed by atoms with van der Waals surface area (Å²) in [5.41, 5.74) is 2.82. The van der Waals surface area contributed by atoms with Gasteiger partial charge in [0.15, 0.2) is 0 Å². The van der Waals surface area contributed by atoms with Crippen molar-refractivity contribution in [2.24, 2.45) is 0 Å². The molecule has 0 aromatic heterocycles. The van der Waals surface area contributed by atoms with Gasteiger partial charge in [-0.1, -0.05) is 60.7 Å². The fraction of sp³-hybridized carbons (Fsp3) is 0.200. The number of fused-ring (bicyclic) bond motifs is 1. The molecule has 106 valence electrons. The molecule has 0 unspecified atom stereocenters. The largest absolute Gasteiger partial charge is 0.496 e. The fourth-order valence-corrected chi connectivity index (χ4v) is 2.86. The topological polar surface area (TPSA) is 9.23 Å². The van der Waals surface area contributed by atoms with Crippen LogP contribution in [0.25, 0.3) is 10.8 Å². The van der Waals surface area contributed by atoms with Crippen LogP contribution in [0.1, 0.15) is 17.5 Å². The van der Waals surface area contributed by atoms with Crippen LogP contribution in [0.15, 0.2) is 66.7 Å². The lowest BCUT2D eigenvalue weighted by Gasteiger charge is -2.10. The highest BCUT2D eigenvalue weighted by Crippen LogP contribution is 2.29. The van der Waals surface area contributed by atoms with Crippen LogP contribution in [0.4, 0.5) is 0 Å². The molecular weight excluding hydrogens is 256 g/mol. The first-order valence-corrected chi connectivity index (χ1v) is 7.47. The first-order valence-electron chi connectivity index (χ1n) is 7.47. The van der Waals surface area contributed by atoms with Crippen molar-refractivity contribution in [3.63, 3.8) is 0 Å². The van der Waals surface area contributed by atoms with Gasteiger partial charge < -0.3 is 4.74 Å². The zero-order chi connectivity index (χ0) is 14.5. The summed E-state index contributed by atoms with van der Waals surface area (Å²) in [4.78, 5) is 0. The van der Waals surface area contributed by atoms with Gasteiger partial charge in [-0.25, -0.2) is 0 Å². The summed E-state index contributed by atoms with van der Waals surface area (Å²) in [6.45, 7) is 0. The summed E-state index contributed by atoms with van der Waals surface area (Å²) in [5, 5.41) is 2.52. The zero-order valence-electron chi connectivity index (χ0n) is 12.4. The average Bonchev–Trinajstić information content (AvgIpc) is 2.56. The van der Waals surface area contributed by atoms with Crippen molar-refractivity contribution >= 4 is 10.8 Å².